The molecule has 152 valence electrons. The first-order valence-electron chi connectivity index (χ1n) is 9.24. The number of hydrogen-bond acceptors (Lipinski definition) is 5. The molecule has 27 heavy (non-hydrogen) atoms. The van der Waals surface area contributed by atoms with Crippen LogP contribution in [0.5, 0.6) is 0 Å². The minimum atomic E-state index is -3.63. The number of sulfonamides is 1. The lowest BCUT2D eigenvalue weighted by Crippen LogP contribution is -2.43. The molecule has 0 aliphatic carbocycles. The molecule has 2 saturated heterocycles. The van der Waals surface area contributed by atoms with Crippen LogP contribution < -0.4 is 10.6 Å². The molecule has 1 aromatic rings. The lowest BCUT2D eigenvalue weighted by molar-refractivity contribution is 0.0730. The molecular formula is C18H28ClN3O4S. The largest absolute Gasteiger partial charge is 0.379 e. The molecule has 1 amide bonds. The summed E-state index contributed by atoms with van der Waals surface area (Å²) >= 11 is 0. The Morgan fingerprint density at radius 2 is 1.93 bits per heavy atom. The van der Waals surface area contributed by atoms with Crippen molar-refractivity contribution in [3.8, 4) is 0 Å². The van der Waals surface area contributed by atoms with Crippen molar-refractivity contribution >= 4 is 28.3 Å². The second kappa shape index (κ2) is 9.84. The molecule has 0 aromatic heterocycles. The van der Waals surface area contributed by atoms with Gasteiger partial charge in [0.15, 0.2) is 0 Å². The van der Waals surface area contributed by atoms with E-state index in [4.69, 9.17) is 4.74 Å². The van der Waals surface area contributed by atoms with E-state index in [1.54, 1.807) is 12.1 Å². The van der Waals surface area contributed by atoms with Gasteiger partial charge >= 0.3 is 0 Å². The van der Waals surface area contributed by atoms with Crippen LogP contribution in [0.3, 0.4) is 0 Å². The number of rotatable bonds is 5. The Morgan fingerprint density at radius 3 is 2.56 bits per heavy atom. The van der Waals surface area contributed by atoms with Crippen LogP contribution >= 0.6 is 12.4 Å². The Morgan fingerprint density at radius 1 is 1.26 bits per heavy atom. The van der Waals surface area contributed by atoms with Crippen LogP contribution in [0.4, 0.5) is 0 Å². The van der Waals surface area contributed by atoms with Crippen molar-refractivity contribution in [1.29, 1.82) is 0 Å². The third-order valence-electron chi connectivity index (χ3n) is 4.97. The molecule has 2 N–H and O–H groups in total. The Labute approximate surface area is 167 Å². The van der Waals surface area contributed by atoms with Crippen LogP contribution in [-0.4, -0.2) is 64.1 Å². The van der Waals surface area contributed by atoms with Crippen LogP contribution in [0, 0.1) is 0 Å². The van der Waals surface area contributed by atoms with Crippen LogP contribution in [0.25, 0.3) is 0 Å². The van der Waals surface area contributed by atoms with Gasteiger partial charge in [0.25, 0.3) is 5.91 Å². The Kier molecular flexibility index (Phi) is 8.05. The summed E-state index contributed by atoms with van der Waals surface area (Å²) in [5.74, 6) is -0.210. The second-order valence-electron chi connectivity index (χ2n) is 6.69. The van der Waals surface area contributed by atoms with E-state index in [-0.39, 0.29) is 29.3 Å². The van der Waals surface area contributed by atoms with Crippen molar-refractivity contribution in [2.45, 2.75) is 37.1 Å². The molecule has 0 bridgehead atoms. The topological polar surface area (TPSA) is 87.7 Å². The van der Waals surface area contributed by atoms with Crippen molar-refractivity contribution in [3.05, 3.63) is 29.3 Å². The summed E-state index contributed by atoms with van der Waals surface area (Å²) in [6.45, 7) is 5.18. The number of ether oxygens (including phenoxy) is 1. The Bertz CT molecular complexity index is 745. The summed E-state index contributed by atoms with van der Waals surface area (Å²) in [4.78, 5) is 12.8. The van der Waals surface area contributed by atoms with E-state index < -0.39 is 10.0 Å². The fraction of sp³-hybridized carbons (Fsp3) is 0.611. The molecule has 0 saturated carbocycles. The number of hydrogen-bond donors (Lipinski definition) is 2. The first-order valence-corrected chi connectivity index (χ1v) is 10.7. The maximum atomic E-state index is 13.1. The summed E-state index contributed by atoms with van der Waals surface area (Å²) in [5.41, 5.74) is 1.13. The van der Waals surface area contributed by atoms with Crippen molar-refractivity contribution in [2.24, 2.45) is 0 Å². The van der Waals surface area contributed by atoms with Crippen LogP contribution in [-0.2, 0) is 21.2 Å². The molecule has 0 spiro atoms. The minimum absolute atomic E-state index is 0. The molecular weight excluding hydrogens is 390 g/mol. The van der Waals surface area contributed by atoms with Gasteiger partial charge in [0, 0.05) is 24.7 Å². The van der Waals surface area contributed by atoms with Crippen LogP contribution in [0.15, 0.2) is 23.1 Å². The highest BCUT2D eigenvalue weighted by Gasteiger charge is 2.29. The number of carbonyl (C=O) groups excluding carboxylic acids is 1. The van der Waals surface area contributed by atoms with Gasteiger partial charge in [-0.2, -0.15) is 4.31 Å². The third-order valence-corrected chi connectivity index (χ3v) is 6.95. The molecule has 2 heterocycles. The number of amides is 1. The number of benzene rings is 1. The zero-order valence-electron chi connectivity index (χ0n) is 15.6. The Balaban J connectivity index is 0.00000261. The first kappa shape index (κ1) is 22.1. The molecule has 2 aliphatic rings. The predicted molar refractivity (Wildman–Crippen MR) is 106 cm³/mol. The lowest BCUT2D eigenvalue weighted by atomic mass is 10.1. The van der Waals surface area contributed by atoms with E-state index in [1.807, 2.05) is 6.92 Å². The van der Waals surface area contributed by atoms with Crippen molar-refractivity contribution < 1.29 is 17.9 Å². The monoisotopic (exact) mass is 417 g/mol. The smallest absolute Gasteiger partial charge is 0.251 e. The highest BCUT2D eigenvalue weighted by Crippen LogP contribution is 2.23. The van der Waals surface area contributed by atoms with Gasteiger partial charge in [-0.25, -0.2) is 8.42 Å². The molecule has 1 aromatic carbocycles. The fourth-order valence-electron chi connectivity index (χ4n) is 3.39. The first-order chi connectivity index (χ1) is 12.5. The lowest BCUT2D eigenvalue weighted by Gasteiger charge is -2.27. The summed E-state index contributed by atoms with van der Waals surface area (Å²) in [7, 11) is -3.63. The molecule has 3 rings (SSSR count). The highest BCUT2D eigenvalue weighted by molar-refractivity contribution is 7.89. The summed E-state index contributed by atoms with van der Waals surface area (Å²) in [6.07, 6.45) is 2.37. The third kappa shape index (κ3) is 5.20. The number of nitrogens with zero attached hydrogens (tertiary/aromatic N) is 1. The zero-order chi connectivity index (χ0) is 18.6. The van der Waals surface area contributed by atoms with Crippen molar-refractivity contribution in [3.63, 3.8) is 0 Å². The van der Waals surface area contributed by atoms with Gasteiger partial charge in [0.1, 0.15) is 0 Å². The van der Waals surface area contributed by atoms with E-state index in [1.165, 1.54) is 10.4 Å². The van der Waals surface area contributed by atoms with Crippen molar-refractivity contribution in [1.82, 2.24) is 14.9 Å². The zero-order valence-corrected chi connectivity index (χ0v) is 17.2. The van der Waals surface area contributed by atoms with Crippen molar-refractivity contribution in [2.75, 3.05) is 39.4 Å². The minimum Gasteiger partial charge on any atom is -0.379 e. The summed E-state index contributed by atoms with van der Waals surface area (Å²) in [6, 6.07) is 5.13. The molecule has 0 unspecified atom stereocenters. The quantitative estimate of drug-likeness (QED) is 0.751. The molecule has 0 radical (unpaired) electrons. The normalized spacial score (nSPS) is 19.3. The highest BCUT2D eigenvalue weighted by atomic mass is 35.5. The second-order valence-corrected chi connectivity index (χ2v) is 8.60. The molecule has 2 aliphatic heterocycles. The van der Waals surface area contributed by atoms with Gasteiger partial charge in [0.05, 0.1) is 18.1 Å². The van der Waals surface area contributed by atoms with Gasteiger partial charge < -0.3 is 15.4 Å². The molecule has 9 heteroatoms. The standard InChI is InChI=1S/C18H27N3O4S.ClH/c1-2-14-3-4-15(18(22)20-16-5-7-19-8-6-16)13-17(14)26(23,24)21-9-11-25-12-10-21;/h3-4,13,16,19H,2,5-12H2,1H3,(H,20,22);1H. The predicted octanol–water partition coefficient (Wildman–Crippen LogP) is 1.17. The van der Waals surface area contributed by atoms with Gasteiger partial charge in [-0.15, -0.1) is 12.4 Å². The maximum absolute atomic E-state index is 13.1. The Hall–Kier alpha value is -1.19. The average molecular weight is 418 g/mol. The van der Waals surface area contributed by atoms with Crippen LogP contribution in [0.1, 0.15) is 35.7 Å². The number of halogens is 1. The van der Waals surface area contributed by atoms with E-state index in [0.717, 1.165) is 31.5 Å². The SMILES string of the molecule is CCc1ccc(C(=O)NC2CCNCC2)cc1S(=O)(=O)N1CCOCC1.Cl. The summed E-state index contributed by atoms with van der Waals surface area (Å²) in [5, 5.41) is 6.29. The van der Waals surface area contributed by atoms with Gasteiger partial charge in [-0.1, -0.05) is 13.0 Å². The molecule has 2 fully saturated rings. The fourth-order valence-corrected chi connectivity index (χ4v) is 5.12. The van der Waals surface area contributed by atoms with E-state index in [2.05, 4.69) is 10.6 Å². The number of carbonyl (C=O) groups is 1. The maximum Gasteiger partial charge on any atom is 0.251 e. The summed E-state index contributed by atoms with van der Waals surface area (Å²) < 4.78 is 32.8. The number of piperidine rings is 1. The number of morpholine rings is 1. The molecule has 7 nitrogen and oxygen atoms in total. The van der Waals surface area contributed by atoms with Gasteiger partial charge in [0.2, 0.25) is 10.0 Å². The number of aryl methyl sites for hydroxylation is 1. The molecule has 0 atom stereocenters. The number of nitrogens with one attached hydrogen (secondary N) is 2. The average Bonchev–Trinajstić information content (AvgIpc) is 2.69. The van der Waals surface area contributed by atoms with Crippen LogP contribution in [0.2, 0.25) is 0 Å². The van der Waals surface area contributed by atoms with E-state index in [0.29, 0.717) is 38.3 Å². The van der Waals surface area contributed by atoms with Gasteiger partial charge in [-0.05, 0) is 50.0 Å². The van der Waals surface area contributed by atoms with E-state index >= 15 is 0 Å². The van der Waals surface area contributed by atoms with E-state index in [9.17, 15) is 13.2 Å². The van der Waals surface area contributed by atoms with Gasteiger partial charge in [-0.3, -0.25) is 4.79 Å².